The molecule has 1 fully saturated rings. The molecule has 0 radical (unpaired) electrons. The number of aliphatic hydroxyl groups is 2. The van der Waals surface area contributed by atoms with Crippen molar-refractivity contribution in [3.8, 4) is 0 Å². The van der Waals surface area contributed by atoms with Crippen LogP contribution in [-0.4, -0.2) is 81.6 Å². The zero-order chi connectivity index (χ0) is 21.5. The molecule has 5 atom stereocenters. The van der Waals surface area contributed by atoms with Crippen molar-refractivity contribution in [1.29, 1.82) is 0 Å². The fraction of sp³-hybridized carbons (Fsp3) is 0.538. The van der Waals surface area contributed by atoms with E-state index in [1.807, 2.05) is 0 Å². The first kappa shape index (κ1) is 21.3. The number of H-pyrrole nitrogens is 1. The molecule has 1 aliphatic rings. The molecule has 1 saturated heterocycles. The van der Waals surface area contributed by atoms with Gasteiger partial charge in [0.1, 0.15) is 24.4 Å². The lowest BCUT2D eigenvalue weighted by Crippen LogP contribution is -2.33. The fourth-order valence-corrected chi connectivity index (χ4v) is 3.06. The van der Waals surface area contributed by atoms with Crippen LogP contribution in [0.5, 0.6) is 0 Å². The molecule has 16 heteroatoms. The number of nitrogens with one attached hydrogen (secondary N) is 2. The average Bonchev–Trinajstić information content (AvgIpc) is 3.15. The summed E-state index contributed by atoms with van der Waals surface area (Å²) in [4.78, 5) is 51.0. The number of hydrogen-bond acceptors (Lipinski definition) is 10. The number of aliphatic carboxylic acids is 1. The van der Waals surface area contributed by atoms with E-state index in [4.69, 9.17) is 19.6 Å². The molecule has 15 nitrogen and oxygen atoms in total. The van der Waals surface area contributed by atoms with Crippen LogP contribution in [0.2, 0.25) is 0 Å². The normalized spacial score (nSPS) is 26.0. The van der Waals surface area contributed by atoms with Gasteiger partial charge in [-0.25, -0.2) is 9.55 Å². The van der Waals surface area contributed by atoms with Crippen LogP contribution in [-0.2, 0) is 18.6 Å². The maximum atomic E-state index is 12.2. The maximum Gasteiger partial charge on any atom is 0.469 e. The Balaban J connectivity index is 1.91. The summed E-state index contributed by atoms with van der Waals surface area (Å²) in [5, 5.41) is 31.8. The van der Waals surface area contributed by atoms with Gasteiger partial charge in [0.2, 0.25) is 5.95 Å². The quantitative estimate of drug-likeness (QED) is 0.228. The van der Waals surface area contributed by atoms with Crippen molar-refractivity contribution in [2.24, 2.45) is 0 Å². The van der Waals surface area contributed by atoms with Crippen molar-refractivity contribution >= 4 is 30.9 Å². The summed E-state index contributed by atoms with van der Waals surface area (Å²) in [7, 11) is -4.82. The third-order valence-electron chi connectivity index (χ3n) is 4.17. The van der Waals surface area contributed by atoms with Crippen LogP contribution in [0.15, 0.2) is 11.1 Å². The predicted octanol–water partition coefficient (Wildman–Crippen LogP) is -2.27. The lowest BCUT2D eigenvalue weighted by molar-refractivity contribution is -0.137. The van der Waals surface area contributed by atoms with Crippen LogP contribution < -0.4 is 10.9 Å². The van der Waals surface area contributed by atoms with Crippen LogP contribution in [0.3, 0.4) is 0 Å². The smallest absolute Gasteiger partial charge is 0.469 e. The second-order valence-electron chi connectivity index (χ2n) is 6.28. The van der Waals surface area contributed by atoms with Gasteiger partial charge in [-0.1, -0.05) is 0 Å². The molecule has 0 aromatic carbocycles. The van der Waals surface area contributed by atoms with Crippen LogP contribution >= 0.6 is 7.82 Å². The second kappa shape index (κ2) is 7.79. The summed E-state index contributed by atoms with van der Waals surface area (Å²) in [6.07, 6.45) is -4.60. The Morgan fingerprint density at radius 1 is 1.45 bits per heavy atom. The number of fused-ring (bicyclic) bond motifs is 1. The number of imidazole rings is 1. The molecule has 7 N–H and O–H groups in total. The van der Waals surface area contributed by atoms with Gasteiger partial charge >= 0.3 is 13.8 Å². The average molecular weight is 435 g/mol. The minimum atomic E-state index is -4.82. The van der Waals surface area contributed by atoms with E-state index in [1.165, 1.54) is 6.92 Å². The van der Waals surface area contributed by atoms with Gasteiger partial charge in [-0.2, -0.15) is 4.98 Å². The molecule has 3 rings (SSSR count). The van der Waals surface area contributed by atoms with E-state index in [9.17, 15) is 24.4 Å². The number of carboxylic acids is 1. The number of phosphoric ester groups is 1. The second-order valence-corrected chi connectivity index (χ2v) is 7.51. The van der Waals surface area contributed by atoms with Crippen molar-refractivity contribution < 1.29 is 43.7 Å². The van der Waals surface area contributed by atoms with Crippen molar-refractivity contribution in [3.05, 3.63) is 16.7 Å². The molecule has 0 unspecified atom stereocenters. The number of ether oxygens (including phenoxy) is 1. The number of aromatic nitrogens is 4. The van der Waals surface area contributed by atoms with E-state index in [0.29, 0.717) is 0 Å². The van der Waals surface area contributed by atoms with Gasteiger partial charge < -0.3 is 35.2 Å². The number of carbonyl (C=O) groups is 1. The van der Waals surface area contributed by atoms with Gasteiger partial charge in [0.15, 0.2) is 17.4 Å². The summed E-state index contributed by atoms with van der Waals surface area (Å²) in [6.45, 7) is 0.623. The number of nitrogens with zero attached hydrogens (tertiary/aromatic N) is 3. The number of carboxylic acid groups (broad SMARTS) is 1. The molecule has 0 saturated carbocycles. The Kier molecular flexibility index (Phi) is 5.73. The Morgan fingerprint density at radius 3 is 2.76 bits per heavy atom. The number of phosphoric acid groups is 1. The van der Waals surface area contributed by atoms with Crippen molar-refractivity contribution in [2.75, 3.05) is 11.9 Å². The third kappa shape index (κ3) is 4.45. The van der Waals surface area contributed by atoms with Gasteiger partial charge in [-0.15, -0.1) is 0 Å². The summed E-state index contributed by atoms with van der Waals surface area (Å²) >= 11 is 0. The van der Waals surface area contributed by atoms with Gasteiger partial charge in [0.05, 0.1) is 12.9 Å². The minimum absolute atomic E-state index is 0.0818. The highest BCUT2D eigenvalue weighted by Crippen LogP contribution is 2.38. The highest BCUT2D eigenvalue weighted by atomic mass is 31.2. The number of aliphatic hydroxyl groups excluding tert-OH is 2. The molecule has 0 amide bonds. The SMILES string of the molecule is C[C@@H](Nc1nc2c(ncn2[C@@H]2O[C@H](COP(=O)(O)O)[C@@H](O)[C@H]2O)c(=O)[nH]1)C(=O)O. The molecule has 0 spiro atoms. The monoisotopic (exact) mass is 435 g/mol. The molecule has 1 aliphatic heterocycles. The number of rotatable bonds is 7. The van der Waals surface area contributed by atoms with Crippen molar-refractivity contribution in [3.63, 3.8) is 0 Å². The third-order valence-corrected chi connectivity index (χ3v) is 4.66. The molecule has 0 bridgehead atoms. The van der Waals surface area contributed by atoms with E-state index in [0.717, 1.165) is 10.9 Å². The molecule has 2 aromatic rings. The van der Waals surface area contributed by atoms with E-state index in [1.54, 1.807) is 0 Å². The van der Waals surface area contributed by atoms with E-state index < -0.39 is 56.5 Å². The first-order chi connectivity index (χ1) is 13.5. The van der Waals surface area contributed by atoms with E-state index in [2.05, 4.69) is 24.8 Å². The lowest BCUT2D eigenvalue weighted by Gasteiger charge is -2.17. The summed E-state index contributed by atoms with van der Waals surface area (Å²) in [5.74, 6) is -1.36. The number of anilines is 1. The number of hydrogen-bond donors (Lipinski definition) is 7. The van der Waals surface area contributed by atoms with Crippen LogP contribution in [0, 0.1) is 0 Å². The molecular weight excluding hydrogens is 417 g/mol. The maximum absolute atomic E-state index is 12.2. The van der Waals surface area contributed by atoms with Crippen molar-refractivity contribution in [2.45, 2.75) is 37.5 Å². The van der Waals surface area contributed by atoms with Gasteiger partial charge in [-0.05, 0) is 6.92 Å². The topological polar surface area (TPSA) is 229 Å². The Labute approximate surface area is 161 Å². The van der Waals surface area contributed by atoms with Gasteiger partial charge in [0.25, 0.3) is 5.56 Å². The Hall–Kier alpha value is -2.39. The first-order valence-corrected chi connectivity index (χ1v) is 9.69. The van der Waals surface area contributed by atoms with Gasteiger partial charge in [-0.3, -0.25) is 23.7 Å². The van der Waals surface area contributed by atoms with Crippen LogP contribution in [0.1, 0.15) is 13.2 Å². The van der Waals surface area contributed by atoms with Crippen LogP contribution in [0.25, 0.3) is 11.2 Å². The molecule has 160 valence electrons. The zero-order valence-corrected chi connectivity index (χ0v) is 15.6. The fourth-order valence-electron chi connectivity index (χ4n) is 2.71. The van der Waals surface area contributed by atoms with Crippen molar-refractivity contribution in [1.82, 2.24) is 19.5 Å². The highest BCUT2D eigenvalue weighted by Gasteiger charge is 2.45. The van der Waals surface area contributed by atoms with Crippen LogP contribution in [0.4, 0.5) is 5.95 Å². The van der Waals surface area contributed by atoms with Gasteiger partial charge in [0, 0.05) is 0 Å². The molecule has 2 aromatic heterocycles. The lowest BCUT2D eigenvalue weighted by atomic mass is 10.1. The Bertz CT molecular complexity index is 1020. The molecule has 0 aliphatic carbocycles. The predicted molar refractivity (Wildman–Crippen MR) is 92.8 cm³/mol. The molecule has 29 heavy (non-hydrogen) atoms. The molecule has 3 heterocycles. The zero-order valence-electron chi connectivity index (χ0n) is 14.7. The summed E-state index contributed by atoms with van der Waals surface area (Å²) in [6, 6.07) is -1.07. The first-order valence-electron chi connectivity index (χ1n) is 8.16. The summed E-state index contributed by atoms with van der Waals surface area (Å²) < 4.78 is 21.7. The van der Waals surface area contributed by atoms with E-state index >= 15 is 0 Å². The molecular formula is C13H18N5O10P. The highest BCUT2D eigenvalue weighted by molar-refractivity contribution is 7.46. The minimum Gasteiger partial charge on any atom is -0.480 e. The Morgan fingerprint density at radius 2 is 2.14 bits per heavy atom. The largest absolute Gasteiger partial charge is 0.480 e. The van der Waals surface area contributed by atoms with E-state index in [-0.39, 0.29) is 17.1 Å². The summed E-state index contributed by atoms with van der Waals surface area (Å²) in [5.41, 5.74) is -0.913. The standard InChI is InChI=1S/C13H18N5O10P/c1-4(12(22)23)15-13-16-9-6(10(21)17-13)14-3-18(9)11-8(20)7(19)5(28-11)2-27-29(24,25)26/h3-5,7-8,11,19-20H,2H2,1H3,(H,22,23)(H2,24,25,26)(H2,15,16,17,21)/t4-,5-,7-,8-,11-/m1/s1. The number of aromatic amines is 1.